The van der Waals surface area contributed by atoms with E-state index < -0.39 is 10.0 Å². The Labute approximate surface area is 197 Å². The Hall–Kier alpha value is -1.65. The summed E-state index contributed by atoms with van der Waals surface area (Å²) in [5.74, 6) is 0.709. The van der Waals surface area contributed by atoms with Gasteiger partial charge in [-0.3, -0.25) is 0 Å². The molecule has 2 N–H and O–H groups in total. The zero-order chi connectivity index (χ0) is 20.5. The Balaban J connectivity index is 0.00000320. The van der Waals surface area contributed by atoms with Gasteiger partial charge in [-0.25, -0.2) is 13.4 Å². The highest BCUT2D eigenvalue weighted by Gasteiger charge is 2.25. The van der Waals surface area contributed by atoms with E-state index in [1.807, 2.05) is 31.2 Å². The van der Waals surface area contributed by atoms with Crippen LogP contribution in [0.3, 0.4) is 0 Å². The van der Waals surface area contributed by atoms with Crippen molar-refractivity contribution in [1.29, 1.82) is 0 Å². The van der Waals surface area contributed by atoms with Crippen LogP contribution in [0.2, 0.25) is 0 Å². The van der Waals surface area contributed by atoms with E-state index in [4.69, 9.17) is 0 Å². The number of hydrogen-bond donors (Lipinski definition) is 2. The van der Waals surface area contributed by atoms with Crippen LogP contribution in [0.4, 0.5) is 0 Å². The van der Waals surface area contributed by atoms with Crippen molar-refractivity contribution in [2.45, 2.75) is 44.2 Å². The predicted octanol–water partition coefficient (Wildman–Crippen LogP) is 3.73. The lowest BCUT2D eigenvalue weighted by Crippen LogP contribution is -2.36. The molecule has 6 nitrogen and oxygen atoms in total. The van der Waals surface area contributed by atoms with E-state index in [1.54, 1.807) is 22.5 Å². The molecule has 0 saturated carbocycles. The van der Waals surface area contributed by atoms with Gasteiger partial charge in [-0.2, -0.15) is 4.31 Å². The minimum absolute atomic E-state index is 0. The standard InChI is InChI=1S/C22H30N4O2S.HI/c1-2-23-22(24-17-19-10-5-3-6-11-19)25-18-20-12-9-13-21(16-20)29(27,28)26-14-7-4-8-15-26;/h3,5-6,9-13,16H,2,4,7-8,14-15,17-18H2,1H3,(H2,23,24,25);1H. The molecule has 1 fully saturated rings. The molecule has 0 radical (unpaired) electrons. The largest absolute Gasteiger partial charge is 0.357 e. The van der Waals surface area contributed by atoms with Gasteiger partial charge in [0.2, 0.25) is 10.0 Å². The molecule has 2 aromatic carbocycles. The summed E-state index contributed by atoms with van der Waals surface area (Å²) in [4.78, 5) is 4.98. The molecule has 3 rings (SSSR count). The Morgan fingerprint density at radius 2 is 1.67 bits per heavy atom. The first-order valence-electron chi connectivity index (χ1n) is 10.2. The van der Waals surface area contributed by atoms with Crippen molar-refractivity contribution in [3.8, 4) is 0 Å². The summed E-state index contributed by atoms with van der Waals surface area (Å²) < 4.78 is 27.4. The van der Waals surface area contributed by atoms with Crippen LogP contribution in [0.25, 0.3) is 0 Å². The van der Waals surface area contributed by atoms with Gasteiger partial charge in [0.1, 0.15) is 0 Å². The van der Waals surface area contributed by atoms with Crippen molar-refractivity contribution in [3.63, 3.8) is 0 Å². The molecule has 0 atom stereocenters. The predicted molar refractivity (Wildman–Crippen MR) is 133 cm³/mol. The lowest BCUT2D eigenvalue weighted by atomic mass is 10.2. The molecular formula is C22H31IN4O2S. The van der Waals surface area contributed by atoms with Crippen LogP contribution < -0.4 is 10.6 Å². The first kappa shape index (κ1) is 24.6. The van der Waals surface area contributed by atoms with Gasteiger partial charge in [-0.1, -0.05) is 48.9 Å². The summed E-state index contributed by atoms with van der Waals surface area (Å²) in [6.45, 7) is 5.08. The molecule has 0 amide bonds. The normalized spacial score (nSPS) is 15.3. The second-order valence-corrected chi connectivity index (χ2v) is 9.08. The average Bonchev–Trinajstić information content (AvgIpc) is 2.77. The third kappa shape index (κ3) is 6.95. The zero-order valence-electron chi connectivity index (χ0n) is 17.4. The average molecular weight is 542 g/mol. The summed E-state index contributed by atoms with van der Waals surface area (Å²) in [7, 11) is -3.43. The van der Waals surface area contributed by atoms with Gasteiger partial charge in [0.05, 0.1) is 11.4 Å². The van der Waals surface area contributed by atoms with E-state index in [9.17, 15) is 8.42 Å². The third-order valence-electron chi connectivity index (χ3n) is 4.92. The maximum Gasteiger partial charge on any atom is 0.243 e. The minimum Gasteiger partial charge on any atom is -0.357 e. The lowest BCUT2D eigenvalue weighted by Gasteiger charge is -2.26. The molecule has 0 bridgehead atoms. The number of guanidine groups is 1. The van der Waals surface area contributed by atoms with Gasteiger partial charge in [0.15, 0.2) is 5.96 Å². The fourth-order valence-corrected chi connectivity index (χ4v) is 4.94. The second-order valence-electron chi connectivity index (χ2n) is 7.15. The first-order chi connectivity index (χ1) is 14.1. The number of rotatable bonds is 7. The summed E-state index contributed by atoms with van der Waals surface area (Å²) in [6.07, 6.45) is 2.97. The van der Waals surface area contributed by atoms with Crippen molar-refractivity contribution in [3.05, 3.63) is 65.7 Å². The number of benzene rings is 2. The number of halogens is 1. The van der Waals surface area contributed by atoms with Crippen LogP contribution in [0.5, 0.6) is 0 Å². The molecule has 0 aliphatic carbocycles. The van der Waals surface area contributed by atoms with E-state index in [-0.39, 0.29) is 24.0 Å². The highest BCUT2D eigenvalue weighted by atomic mass is 127. The quantitative estimate of drug-likeness (QED) is 0.318. The molecule has 30 heavy (non-hydrogen) atoms. The van der Waals surface area contributed by atoms with Crippen molar-refractivity contribution < 1.29 is 8.42 Å². The second kappa shape index (κ2) is 12.3. The topological polar surface area (TPSA) is 73.8 Å². The lowest BCUT2D eigenvalue weighted by molar-refractivity contribution is 0.346. The maximum atomic E-state index is 12.9. The molecule has 1 heterocycles. The molecule has 0 unspecified atom stereocenters. The zero-order valence-corrected chi connectivity index (χ0v) is 20.5. The molecule has 1 aliphatic heterocycles. The van der Waals surface area contributed by atoms with Gasteiger partial charge in [0.25, 0.3) is 0 Å². The van der Waals surface area contributed by atoms with Crippen molar-refractivity contribution in [1.82, 2.24) is 14.9 Å². The number of nitrogens with one attached hydrogen (secondary N) is 2. The monoisotopic (exact) mass is 542 g/mol. The van der Waals surface area contributed by atoms with Crippen LogP contribution in [0.15, 0.2) is 64.5 Å². The van der Waals surface area contributed by atoms with Gasteiger partial charge >= 0.3 is 0 Å². The van der Waals surface area contributed by atoms with Gasteiger partial charge in [-0.05, 0) is 43.0 Å². The highest BCUT2D eigenvalue weighted by molar-refractivity contribution is 14.0. The molecule has 1 saturated heterocycles. The van der Waals surface area contributed by atoms with E-state index in [0.717, 1.165) is 31.4 Å². The van der Waals surface area contributed by atoms with Crippen LogP contribution in [0.1, 0.15) is 37.3 Å². The third-order valence-corrected chi connectivity index (χ3v) is 6.81. The Bertz CT molecular complexity index is 914. The first-order valence-corrected chi connectivity index (χ1v) is 11.7. The molecule has 0 aromatic heterocycles. The Kier molecular flexibility index (Phi) is 10.1. The van der Waals surface area contributed by atoms with Crippen LogP contribution in [-0.2, 0) is 23.1 Å². The maximum absolute atomic E-state index is 12.9. The van der Waals surface area contributed by atoms with Crippen molar-refractivity contribution >= 4 is 40.0 Å². The molecule has 8 heteroatoms. The Morgan fingerprint density at radius 1 is 0.967 bits per heavy atom. The molecule has 1 aliphatic rings. The number of hydrogen-bond acceptors (Lipinski definition) is 3. The molecule has 2 aromatic rings. The highest BCUT2D eigenvalue weighted by Crippen LogP contribution is 2.21. The summed E-state index contributed by atoms with van der Waals surface area (Å²) in [6, 6.07) is 17.3. The van der Waals surface area contributed by atoms with E-state index in [1.165, 1.54) is 5.56 Å². The van der Waals surface area contributed by atoms with Crippen molar-refractivity contribution in [2.24, 2.45) is 4.99 Å². The number of nitrogens with zero attached hydrogens (tertiary/aromatic N) is 2. The van der Waals surface area contributed by atoms with E-state index >= 15 is 0 Å². The van der Waals surface area contributed by atoms with E-state index in [0.29, 0.717) is 37.0 Å². The fraction of sp³-hybridized carbons (Fsp3) is 0.409. The van der Waals surface area contributed by atoms with E-state index in [2.05, 4.69) is 27.8 Å². The molecular weight excluding hydrogens is 511 g/mol. The molecule has 0 spiro atoms. The number of aliphatic imine (C=N–C) groups is 1. The van der Waals surface area contributed by atoms with Crippen molar-refractivity contribution in [2.75, 3.05) is 19.6 Å². The summed E-state index contributed by atoms with van der Waals surface area (Å²) >= 11 is 0. The van der Waals surface area contributed by atoms with Crippen LogP contribution in [0, 0.1) is 0 Å². The number of piperidine rings is 1. The fourth-order valence-electron chi connectivity index (χ4n) is 3.35. The summed E-state index contributed by atoms with van der Waals surface area (Å²) in [5.41, 5.74) is 2.05. The summed E-state index contributed by atoms with van der Waals surface area (Å²) in [5, 5.41) is 6.55. The smallest absolute Gasteiger partial charge is 0.243 e. The molecule has 164 valence electrons. The van der Waals surface area contributed by atoms with Gasteiger partial charge in [-0.15, -0.1) is 24.0 Å². The van der Waals surface area contributed by atoms with Crippen LogP contribution >= 0.6 is 24.0 Å². The van der Waals surface area contributed by atoms with Gasteiger partial charge < -0.3 is 10.6 Å². The van der Waals surface area contributed by atoms with Crippen LogP contribution in [-0.4, -0.2) is 38.3 Å². The number of sulfonamides is 1. The SMILES string of the molecule is CCNC(=NCc1cccc(S(=O)(=O)N2CCCCC2)c1)NCc1ccccc1.I. The van der Waals surface area contributed by atoms with Gasteiger partial charge in [0, 0.05) is 26.2 Å². The Morgan fingerprint density at radius 3 is 2.37 bits per heavy atom. The minimum atomic E-state index is -3.43.